The number of methoxy groups -OCH3 is 2. The first-order chi connectivity index (χ1) is 11.9. The van der Waals surface area contributed by atoms with Gasteiger partial charge in [0.25, 0.3) is 10.0 Å². The summed E-state index contributed by atoms with van der Waals surface area (Å²) in [6.45, 7) is 1.85. The molecule has 25 heavy (non-hydrogen) atoms. The SMILES string of the molecule is COc1cc(/C=N/NS(=O)(=O)c2ccc(C)cc2)c(N=O)cc1OC. The van der Waals surface area contributed by atoms with Crippen molar-refractivity contribution in [3.05, 3.63) is 52.4 Å². The monoisotopic (exact) mass is 363 g/mol. The Balaban J connectivity index is 2.27. The molecule has 2 rings (SSSR count). The third kappa shape index (κ3) is 4.32. The summed E-state index contributed by atoms with van der Waals surface area (Å²) < 4.78 is 34.5. The molecule has 0 radical (unpaired) electrons. The number of rotatable bonds is 7. The van der Waals surface area contributed by atoms with Crippen LogP contribution in [0.2, 0.25) is 0 Å². The van der Waals surface area contributed by atoms with E-state index < -0.39 is 10.0 Å². The second-order valence-corrected chi connectivity index (χ2v) is 6.68. The van der Waals surface area contributed by atoms with Gasteiger partial charge in [0.1, 0.15) is 5.69 Å². The lowest BCUT2D eigenvalue weighted by molar-refractivity contribution is 0.355. The molecule has 0 fully saturated rings. The molecule has 2 aromatic carbocycles. The Bertz CT molecular complexity index is 893. The van der Waals surface area contributed by atoms with Gasteiger partial charge in [-0.1, -0.05) is 17.7 Å². The van der Waals surface area contributed by atoms with Gasteiger partial charge in [0, 0.05) is 11.6 Å². The third-order valence-electron chi connectivity index (χ3n) is 3.34. The van der Waals surface area contributed by atoms with E-state index in [9.17, 15) is 13.3 Å². The zero-order valence-corrected chi connectivity index (χ0v) is 14.7. The molecule has 2 aromatic rings. The topological polar surface area (TPSA) is 106 Å². The first kappa shape index (κ1) is 18.4. The smallest absolute Gasteiger partial charge is 0.276 e. The summed E-state index contributed by atoms with van der Waals surface area (Å²) in [5.41, 5.74) is 1.25. The van der Waals surface area contributed by atoms with E-state index in [4.69, 9.17) is 9.47 Å². The van der Waals surface area contributed by atoms with E-state index in [1.54, 1.807) is 12.1 Å². The number of hydrazone groups is 1. The maximum absolute atomic E-state index is 12.2. The molecule has 0 saturated heterocycles. The molecule has 0 aliphatic heterocycles. The summed E-state index contributed by atoms with van der Waals surface area (Å²) in [7, 11) is -0.944. The van der Waals surface area contributed by atoms with Gasteiger partial charge in [-0.25, -0.2) is 4.83 Å². The lowest BCUT2D eigenvalue weighted by Gasteiger charge is -2.09. The number of hydrogen-bond acceptors (Lipinski definition) is 7. The summed E-state index contributed by atoms with van der Waals surface area (Å²) in [4.78, 5) is 13.1. The predicted octanol–water partition coefficient (Wildman–Crippen LogP) is 2.72. The first-order valence-electron chi connectivity index (χ1n) is 7.12. The van der Waals surface area contributed by atoms with Crippen molar-refractivity contribution in [3.8, 4) is 11.5 Å². The Labute approximate surface area is 145 Å². The van der Waals surface area contributed by atoms with E-state index in [1.165, 1.54) is 44.7 Å². The van der Waals surface area contributed by atoms with Gasteiger partial charge in [-0.05, 0) is 30.3 Å². The number of aryl methyl sites for hydroxylation is 1. The van der Waals surface area contributed by atoms with Crippen LogP contribution < -0.4 is 14.3 Å². The van der Waals surface area contributed by atoms with Gasteiger partial charge >= 0.3 is 0 Å². The molecule has 0 aliphatic carbocycles. The van der Waals surface area contributed by atoms with Crippen molar-refractivity contribution in [2.45, 2.75) is 11.8 Å². The second-order valence-electron chi connectivity index (χ2n) is 5.02. The molecule has 1 N–H and O–H groups in total. The highest BCUT2D eigenvalue weighted by molar-refractivity contribution is 7.89. The van der Waals surface area contributed by atoms with Crippen LogP contribution in [0.3, 0.4) is 0 Å². The summed E-state index contributed by atoms with van der Waals surface area (Å²) in [6, 6.07) is 9.16. The molecule has 0 bridgehead atoms. The Hall–Kier alpha value is -2.94. The maximum Gasteiger partial charge on any atom is 0.276 e. The van der Waals surface area contributed by atoms with E-state index in [1.807, 2.05) is 6.92 Å². The highest BCUT2D eigenvalue weighted by Gasteiger charge is 2.13. The summed E-state index contributed by atoms with van der Waals surface area (Å²) in [6.07, 6.45) is 1.17. The molecular weight excluding hydrogens is 346 g/mol. The van der Waals surface area contributed by atoms with Crippen molar-refractivity contribution in [1.29, 1.82) is 0 Å². The average Bonchev–Trinajstić information content (AvgIpc) is 2.61. The summed E-state index contributed by atoms with van der Waals surface area (Å²) in [5, 5.41) is 6.58. The fourth-order valence-corrected chi connectivity index (χ4v) is 2.79. The number of nitrogens with one attached hydrogen (secondary N) is 1. The zero-order valence-electron chi connectivity index (χ0n) is 13.9. The fourth-order valence-electron chi connectivity index (χ4n) is 2.00. The number of benzene rings is 2. The number of ether oxygens (including phenoxy) is 2. The molecule has 0 aromatic heterocycles. The molecule has 0 heterocycles. The van der Waals surface area contributed by atoms with E-state index in [-0.39, 0.29) is 16.1 Å². The number of nitroso groups, excluding NO2 is 1. The minimum absolute atomic E-state index is 0.0379. The standard InChI is InChI=1S/C16H17N3O5S/c1-11-4-6-13(7-5-11)25(21,22)19-17-10-12-8-15(23-2)16(24-3)9-14(12)18-20/h4-10,19H,1-3H3/b17-10+. The van der Waals surface area contributed by atoms with Crippen LogP contribution in [-0.2, 0) is 10.0 Å². The number of nitrogens with zero attached hydrogens (tertiary/aromatic N) is 2. The van der Waals surface area contributed by atoms with Crippen LogP contribution in [0.25, 0.3) is 0 Å². The molecule has 0 amide bonds. The molecule has 0 saturated carbocycles. The van der Waals surface area contributed by atoms with Gasteiger partial charge in [-0.15, -0.1) is 4.91 Å². The average molecular weight is 363 g/mol. The number of hydrogen-bond donors (Lipinski definition) is 1. The van der Waals surface area contributed by atoms with E-state index in [2.05, 4.69) is 15.1 Å². The van der Waals surface area contributed by atoms with E-state index in [0.29, 0.717) is 11.5 Å². The second kappa shape index (κ2) is 7.75. The van der Waals surface area contributed by atoms with Crippen molar-refractivity contribution in [2.75, 3.05) is 14.2 Å². The zero-order chi connectivity index (χ0) is 18.4. The van der Waals surface area contributed by atoms with Crippen LogP contribution in [0, 0.1) is 11.8 Å². The molecule has 0 spiro atoms. The van der Waals surface area contributed by atoms with Crippen LogP contribution >= 0.6 is 0 Å². The van der Waals surface area contributed by atoms with Crippen LogP contribution in [0.15, 0.2) is 51.6 Å². The summed E-state index contributed by atoms with van der Waals surface area (Å²) >= 11 is 0. The molecule has 0 aliphatic rings. The Kier molecular flexibility index (Phi) is 5.71. The van der Waals surface area contributed by atoms with Gasteiger partial charge < -0.3 is 9.47 Å². The van der Waals surface area contributed by atoms with Gasteiger partial charge in [-0.3, -0.25) is 0 Å². The van der Waals surface area contributed by atoms with Gasteiger partial charge in [-0.2, -0.15) is 13.5 Å². The highest BCUT2D eigenvalue weighted by atomic mass is 32.2. The Morgan fingerprint density at radius 3 is 2.20 bits per heavy atom. The van der Waals surface area contributed by atoms with Crippen molar-refractivity contribution in [3.63, 3.8) is 0 Å². The fraction of sp³-hybridized carbons (Fsp3) is 0.188. The van der Waals surface area contributed by atoms with Crippen LogP contribution in [0.4, 0.5) is 5.69 Å². The maximum atomic E-state index is 12.2. The minimum Gasteiger partial charge on any atom is -0.493 e. The molecule has 132 valence electrons. The highest BCUT2D eigenvalue weighted by Crippen LogP contribution is 2.33. The summed E-state index contributed by atoms with van der Waals surface area (Å²) in [5.74, 6) is 0.687. The quantitative estimate of drug-likeness (QED) is 0.462. The Morgan fingerprint density at radius 2 is 1.64 bits per heavy atom. The molecule has 0 unspecified atom stereocenters. The van der Waals surface area contributed by atoms with E-state index >= 15 is 0 Å². The number of sulfonamides is 1. The molecule has 0 atom stereocenters. The minimum atomic E-state index is -3.81. The van der Waals surface area contributed by atoms with Crippen molar-refractivity contribution in [2.24, 2.45) is 10.3 Å². The largest absolute Gasteiger partial charge is 0.493 e. The predicted molar refractivity (Wildman–Crippen MR) is 94.1 cm³/mol. The van der Waals surface area contributed by atoms with Crippen molar-refractivity contribution >= 4 is 21.9 Å². The third-order valence-corrected chi connectivity index (χ3v) is 4.58. The van der Waals surface area contributed by atoms with Crippen LogP contribution in [-0.4, -0.2) is 28.9 Å². The van der Waals surface area contributed by atoms with Gasteiger partial charge in [0.15, 0.2) is 11.5 Å². The molecule has 9 heteroatoms. The molecular formula is C16H17N3O5S. The van der Waals surface area contributed by atoms with E-state index in [0.717, 1.165) is 5.56 Å². The van der Waals surface area contributed by atoms with Crippen molar-refractivity contribution < 1.29 is 17.9 Å². The van der Waals surface area contributed by atoms with Gasteiger partial charge in [0.2, 0.25) is 0 Å². The lowest BCUT2D eigenvalue weighted by Crippen LogP contribution is -2.18. The molecule has 8 nitrogen and oxygen atoms in total. The van der Waals surface area contributed by atoms with Crippen LogP contribution in [0.1, 0.15) is 11.1 Å². The normalized spacial score (nSPS) is 11.3. The lowest BCUT2D eigenvalue weighted by atomic mass is 10.1. The van der Waals surface area contributed by atoms with Gasteiger partial charge in [0.05, 0.1) is 25.3 Å². The van der Waals surface area contributed by atoms with Crippen molar-refractivity contribution in [1.82, 2.24) is 4.83 Å². The Morgan fingerprint density at radius 1 is 1.04 bits per heavy atom. The first-order valence-corrected chi connectivity index (χ1v) is 8.60. The van der Waals surface area contributed by atoms with Crippen LogP contribution in [0.5, 0.6) is 11.5 Å².